The third-order valence-corrected chi connectivity index (χ3v) is 10.2. The van der Waals surface area contributed by atoms with E-state index in [1.165, 1.54) is 38.4 Å². The number of piperidine rings is 1. The van der Waals surface area contributed by atoms with Gasteiger partial charge < -0.3 is 14.5 Å². The molecule has 0 spiro atoms. The first-order valence-corrected chi connectivity index (χ1v) is 15.6. The molecule has 2 heterocycles. The molecule has 0 aromatic heterocycles. The molecule has 0 unspecified atom stereocenters. The van der Waals surface area contributed by atoms with Gasteiger partial charge in [-0.05, 0) is 63.1 Å². The summed E-state index contributed by atoms with van der Waals surface area (Å²) in [7, 11) is -4.79. The van der Waals surface area contributed by atoms with Crippen molar-refractivity contribution in [1.82, 2.24) is 9.21 Å². The van der Waals surface area contributed by atoms with Crippen LogP contribution >= 0.6 is 0 Å². The van der Waals surface area contributed by atoms with Gasteiger partial charge in [0.05, 0.1) is 33.4 Å². The Morgan fingerprint density at radius 1 is 0.895 bits per heavy atom. The summed E-state index contributed by atoms with van der Waals surface area (Å²) in [6.45, 7) is 6.43. The third-order valence-electron chi connectivity index (χ3n) is 6.98. The highest BCUT2D eigenvalue weighted by molar-refractivity contribution is 7.92. The summed E-state index contributed by atoms with van der Waals surface area (Å²) in [5, 5.41) is 0. The van der Waals surface area contributed by atoms with Crippen LogP contribution in [0, 0.1) is 5.92 Å². The van der Waals surface area contributed by atoms with Gasteiger partial charge in [-0.2, -0.15) is 0 Å². The molecule has 2 atom stereocenters. The van der Waals surface area contributed by atoms with Crippen molar-refractivity contribution in [3.05, 3.63) is 48.5 Å². The molecule has 4 rings (SSSR count). The third kappa shape index (κ3) is 6.14. The number of nitrogens with one attached hydrogen (secondary N) is 1. The van der Waals surface area contributed by atoms with Crippen LogP contribution in [-0.4, -0.2) is 84.4 Å². The average molecular weight is 565 g/mol. The number of para-hydroxylation sites is 2. The van der Waals surface area contributed by atoms with Crippen LogP contribution in [0.1, 0.15) is 26.7 Å². The molecule has 2 aliphatic heterocycles. The fourth-order valence-corrected chi connectivity index (χ4v) is 7.00. The van der Waals surface area contributed by atoms with Gasteiger partial charge in [-0.1, -0.05) is 12.1 Å². The Morgan fingerprint density at radius 3 is 2.03 bits per heavy atom. The van der Waals surface area contributed by atoms with Gasteiger partial charge in [0, 0.05) is 46.2 Å². The maximum Gasteiger partial charge on any atom is 0.261 e. The Balaban J connectivity index is 1.44. The molecule has 10 nitrogen and oxygen atoms in total. The van der Waals surface area contributed by atoms with Crippen LogP contribution in [0.4, 0.5) is 11.4 Å². The summed E-state index contributed by atoms with van der Waals surface area (Å²) >= 11 is 0. The molecule has 0 bridgehead atoms. The number of morpholine rings is 1. The van der Waals surface area contributed by atoms with E-state index in [0.29, 0.717) is 44.7 Å². The fraction of sp³-hybridized carbons (Fsp3) is 0.500. The number of carbonyl (C=O) groups excluding carboxylic acids is 1. The van der Waals surface area contributed by atoms with Crippen LogP contribution in [0.5, 0.6) is 0 Å². The van der Waals surface area contributed by atoms with Gasteiger partial charge in [0.15, 0.2) is 0 Å². The lowest BCUT2D eigenvalue weighted by molar-refractivity contribution is -0.148. The molecule has 2 fully saturated rings. The maximum absolute atomic E-state index is 13.2. The average Bonchev–Trinajstić information content (AvgIpc) is 2.88. The van der Waals surface area contributed by atoms with Crippen LogP contribution in [0.2, 0.25) is 0 Å². The van der Waals surface area contributed by atoms with Gasteiger partial charge in [-0.25, -0.2) is 21.1 Å². The smallest absolute Gasteiger partial charge is 0.261 e. The number of benzene rings is 2. The lowest BCUT2D eigenvalue weighted by Gasteiger charge is -2.40. The quantitative estimate of drug-likeness (QED) is 0.550. The van der Waals surface area contributed by atoms with Crippen LogP contribution < -0.4 is 9.62 Å². The minimum absolute atomic E-state index is 0.0141. The van der Waals surface area contributed by atoms with Crippen molar-refractivity contribution >= 4 is 37.3 Å². The first-order valence-electron chi connectivity index (χ1n) is 12.7. The summed E-state index contributed by atoms with van der Waals surface area (Å²) in [5.41, 5.74) is 1.17. The molecule has 2 aliphatic rings. The summed E-state index contributed by atoms with van der Waals surface area (Å²) in [5.74, 6) is 0.102. The zero-order valence-electron chi connectivity index (χ0n) is 22.2. The first kappa shape index (κ1) is 28.3. The zero-order valence-corrected chi connectivity index (χ0v) is 23.8. The number of nitrogens with zero attached hydrogens (tertiary/aromatic N) is 3. The molecule has 2 aromatic rings. The van der Waals surface area contributed by atoms with Crippen LogP contribution in [-0.2, 0) is 29.6 Å². The van der Waals surface area contributed by atoms with Gasteiger partial charge in [0.25, 0.3) is 10.0 Å². The largest absolute Gasteiger partial charge is 0.372 e. The van der Waals surface area contributed by atoms with Crippen molar-refractivity contribution in [1.29, 1.82) is 0 Å². The highest BCUT2D eigenvalue weighted by Crippen LogP contribution is 2.32. The summed E-state index contributed by atoms with van der Waals surface area (Å²) in [6, 6.07) is 12.3. The van der Waals surface area contributed by atoms with Crippen molar-refractivity contribution in [2.75, 3.05) is 49.9 Å². The molecule has 1 amide bonds. The minimum atomic E-state index is -3.96. The number of hydrogen-bond donors (Lipinski definition) is 1. The van der Waals surface area contributed by atoms with Crippen molar-refractivity contribution in [3.8, 4) is 0 Å². The van der Waals surface area contributed by atoms with E-state index < -0.39 is 20.0 Å². The second-order valence-electron chi connectivity index (χ2n) is 10.1. The predicted molar refractivity (Wildman–Crippen MR) is 146 cm³/mol. The Kier molecular flexibility index (Phi) is 8.36. The van der Waals surface area contributed by atoms with Gasteiger partial charge in [0.1, 0.15) is 0 Å². The fourth-order valence-electron chi connectivity index (χ4n) is 5.02. The van der Waals surface area contributed by atoms with Gasteiger partial charge in [-0.3, -0.25) is 9.52 Å². The summed E-state index contributed by atoms with van der Waals surface area (Å²) < 4.78 is 60.4. The Bertz CT molecular complexity index is 1340. The summed E-state index contributed by atoms with van der Waals surface area (Å²) in [4.78, 5) is 17.1. The molecule has 38 heavy (non-hydrogen) atoms. The molecule has 0 aliphatic carbocycles. The number of anilines is 2. The SMILES string of the molecule is C[C@@H]1CN(C(=O)C2CCN(c3ccccc3NS(=O)(=O)c3ccc(S(=O)(=O)N(C)C)cc3)CC2)C[C@H](C)O1. The molecule has 208 valence electrons. The highest BCUT2D eigenvalue weighted by atomic mass is 32.2. The Hall–Kier alpha value is -2.67. The van der Waals surface area contributed by atoms with Crippen LogP contribution in [0.25, 0.3) is 0 Å². The molecular weight excluding hydrogens is 528 g/mol. The lowest BCUT2D eigenvalue weighted by Crippen LogP contribution is -2.51. The molecule has 1 N–H and O–H groups in total. The number of sulfonamides is 2. The molecule has 0 saturated carbocycles. The predicted octanol–water partition coefficient (Wildman–Crippen LogP) is 2.59. The second-order valence-corrected chi connectivity index (χ2v) is 14.0. The van der Waals surface area contributed by atoms with Crippen LogP contribution in [0.3, 0.4) is 0 Å². The monoisotopic (exact) mass is 564 g/mol. The van der Waals surface area contributed by atoms with E-state index in [0.717, 1.165) is 9.99 Å². The molecule has 2 saturated heterocycles. The van der Waals surface area contributed by atoms with E-state index in [9.17, 15) is 21.6 Å². The van der Waals surface area contributed by atoms with E-state index in [1.54, 1.807) is 12.1 Å². The number of hydrogen-bond acceptors (Lipinski definition) is 7. The number of carbonyl (C=O) groups is 1. The zero-order chi connectivity index (χ0) is 27.7. The molecule has 12 heteroatoms. The Labute approximate surface area is 225 Å². The van der Waals surface area contributed by atoms with E-state index in [1.807, 2.05) is 30.9 Å². The number of rotatable bonds is 7. The van der Waals surface area contributed by atoms with Crippen molar-refractivity contribution in [2.24, 2.45) is 5.92 Å². The number of amides is 1. The van der Waals surface area contributed by atoms with Crippen LogP contribution in [0.15, 0.2) is 58.3 Å². The molecule has 0 radical (unpaired) electrons. The lowest BCUT2D eigenvalue weighted by atomic mass is 9.94. The van der Waals surface area contributed by atoms with Gasteiger partial charge in [-0.15, -0.1) is 0 Å². The van der Waals surface area contributed by atoms with Gasteiger partial charge >= 0.3 is 0 Å². The minimum Gasteiger partial charge on any atom is -0.372 e. The van der Waals surface area contributed by atoms with Gasteiger partial charge in [0.2, 0.25) is 15.9 Å². The summed E-state index contributed by atoms with van der Waals surface area (Å²) in [6.07, 6.45) is 1.41. The van der Waals surface area contributed by atoms with E-state index in [2.05, 4.69) is 9.62 Å². The van der Waals surface area contributed by atoms with Crippen molar-refractivity contribution in [3.63, 3.8) is 0 Å². The molecular formula is C26H36N4O6S2. The standard InChI is InChI=1S/C26H36N4O6S2/c1-19-17-30(18-20(2)36-19)26(31)21-13-15-29(16-14-21)25-8-6-5-7-24(25)27-37(32,33)22-9-11-23(12-10-22)38(34,35)28(3)4/h5-12,19-21,27H,13-18H2,1-4H3/t19-,20+. The number of ether oxygens (including phenoxy) is 1. The highest BCUT2D eigenvalue weighted by Gasteiger charge is 2.33. The van der Waals surface area contributed by atoms with E-state index in [-0.39, 0.29) is 33.8 Å². The first-order chi connectivity index (χ1) is 17.9. The normalized spacial score (nSPS) is 21.5. The molecule has 2 aromatic carbocycles. The van der Waals surface area contributed by atoms with E-state index in [4.69, 9.17) is 4.74 Å². The topological polar surface area (TPSA) is 116 Å². The second kappa shape index (κ2) is 11.2. The van der Waals surface area contributed by atoms with E-state index >= 15 is 0 Å². The maximum atomic E-state index is 13.2. The van der Waals surface area contributed by atoms with Crippen molar-refractivity contribution in [2.45, 2.75) is 48.7 Å². The van der Waals surface area contributed by atoms with Crippen molar-refractivity contribution < 1.29 is 26.4 Å². The Morgan fingerprint density at radius 2 is 1.45 bits per heavy atom.